The fraction of sp³-hybridized carbons (Fsp3) is 0.364. The Balaban J connectivity index is 2.97. The van der Waals surface area contributed by atoms with Crippen LogP contribution in [-0.4, -0.2) is 19.2 Å². The van der Waals surface area contributed by atoms with E-state index in [4.69, 9.17) is 22.1 Å². The Morgan fingerprint density at radius 2 is 2.17 bits per heavy atom. The largest absolute Gasteiger partial charge is 0.466 e. The van der Waals surface area contributed by atoms with E-state index in [1.54, 1.807) is 6.92 Å². The van der Waals surface area contributed by atoms with Gasteiger partial charge in [-0.2, -0.15) is 8.78 Å². The molecule has 4 nitrogen and oxygen atoms in total. The molecule has 0 aliphatic rings. The first-order valence-electron chi connectivity index (χ1n) is 5.12. The lowest BCUT2D eigenvalue weighted by atomic mass is 10.1. The molecule has 0 aliphatic carbocycles. The van der Waals surface area contributed by atoms with Crippen LogP contribution in [0.4, 0.5) is 14.5 Å². The zero-order chi connectivity index (χ0) is 13.7. The summed E-state index contributed by atoms with van der Waals surface area (Å²) in [5, 5.41) is -0.0717. The van der Waals surface area contributed by atoms with Crippen LogP contribution in [0.5, 0.6) is 5.75 Å². The number of esters is 1. The van der Waals surface area contributed by atoms with E-state index in [9.17, 15) is 13.6 Å². The lowest BCUT2D eigenvalue weighted by Crippen LogP contribution is -2.10. The van der Waals surface area contributed by atoms with Crippen molar-refractivity contribution >= 4 is 23.3 Å². The lowest BCUT2D eigenvalue weighted by Gasteiger charge is -2.11. The fourth-order valence-electron chi connectivity index (χ4n) is 1.36. The molecule has 1 aromatic rings. The monoisotopic (exact) mass is 279 g/mol. The topological polar surface area (TPSA) is 61.5 Å². The molecule has 0 saturated carbocycles. The SMILES string of the molecule is CCOC(=O)Cc1cc(N)cc(OC(F)F)c1Cl. The molecule has 0 unspecified atom stereocenters. The number of carbonyl (C=O) groups excluding carboxylic acids is 1. The summed E-state index contributed by atoms with van der Waals surface area (Å²) in [7, 11) is 0. The van der Waals surface area contributed by atoms with E-state index in [1.165, 1.54) is 12.1 Å². The number of benzene rings is 1. The van der Waals surface area contributed by atoms with Gasteiger partial charge in [-0.05, 0) is 18.6 Å². The van der Waals surface area contributed by atoms with E-state index in [0.29, 0.717) is 0 Å². The summed E-state index contributed by atoms with van der Waals surface area (Å²) < 4.78 is 33.2. The highest BCUT2D eigenvalue weighted by molar-refractivity contribution is 6.33. The quantitative estimate of drug-likeness (QED) is 0.665. The van der Waals surface area contributed by atoms with Crippen LogP contribution in [-0.2, 0) is 16.0 Å². The Bertz CT molecular complexity index is 441. The van der Waals surface area contributed by atoms with Gasteiger partial charge in [-0.3, -0.25) is 4.79 Å². The first kappa shape index (κ1) is 14.5. The van der Waals surface area contributed by atoms with Crippen LogP contribution in [0.3, 0.4) is 0 Å². The molecule has 1 aromatic carbocycles. The number of hydrogen-bond donors (Lipinski definition) is 1. The summed E-state index contributed by atoms with van der Waals surface area (Å²) in [6.07, 6.45) is -0.155. The van der Waals surface area contributed by atoms with Gasteiger partial charge in [0.2, 0.25) is 0 Å². The fourth-order valence-corrected chi connectivity index (χ4v) is 1.58. The number of anilines is 1. The first-order valence-corrected chi connectivity index (χ1v) is 5.50. The minimum Gasteiger partial charge on any atom is -0.466 e. The molecule has 0 atom stereocenters. The minimum absolute atomic E-state index is 0.0717. The molecule has 0 spiro atoms. The van der Waals surface area contributed by atoms with E-state index < -0.39 is 12.6 Å². The molecular formula is C11H12ClF2NO3. The maximum Gasteiger partial charge on any atom is 0.387 e. The molecule has 1 rings (SSSR count). The molecule has 18 heavy (non-hydrogen) atoms. The number of nitrogens with two attached hydrogens (primary N) is 1. The zero-order valence-corrected chi connectivity index (χ0v) is 10.3. The maximum atomic E-state index is 12.1. The number of carbonyl (C=O) groups is 1. The molecule has 2 N–H and O–H groups in total. The minimum atomic E-state index is -3.01. The highest BCUT2D eigenvalue weighted by Crippen LogP contribution is 2.32. The van der Waals surface area contributed by atoms with E-state index in [-0.39, 0.29) is 35.1 Å². The summed E-state index contributed by atoms with van der Waals surface area (Å²) in [5.41, 5.74) is 5.98. The Morgan fingerprint density at radius 3 is 2.72 bits per heavy atom. The number of ether oxygens (including phenoxy) is 2. The van der Waals surface area contributed by atoms with Crippen molar-refractivity contribution < 1.29 is 23.0 Å². The molecule has 0 aromatic heterocycles. The zero-order valence-electron chi connectivity index (χ0n) is 9.58. The van der Waals surface area contributed by atoms with Crippen molar-refractivity contribution in [1.29, 1.82) is 0 Å². The van der Waals surface area contributed by atoms with Crippen LogP contribution < -0.4 is 10.5 Å². The van der Waals surface area contributed by atoms with Gasteiger partial charge in [-0.1, -0.05) is 11.6 Å². The van der Waals surface area contributed by atoms with Crippen LogP contribution in [0.25, 0.3) is 0 Å². The van der Waals surface area contributed by atoms with Crippen LogP contribution in [0, 0.1) is 0 Å². The first-order chi connectivity index (χ1) is 8.43. The van der Waals surface area contributed by atoms with Gasteiger partial charge >= 0.3 is 12.6 Å². The van der Waals surface area contributed by atoms with Crippen molar-refractivity contribution in [2.75, 3.05) is 12.3 Å². The average molecular weight is 280 g/mol. The summed E-state index contributed by atoms with van der Waals surface area (Å²) in [6.45, 7) is -1.14. The van der Waals surface area contributed by atoms with Gasteiger partial charge in [0.15, 0.2) is 0 Å². The summed E-state index contributed by atoms with van der Waals surface area (Å²) in [5.74, 6) is -0.779. The van der Waals surface area contributed by atoms with Crippen LogP contribution in [0.2, 0.25) is 5.02 Å². The second kappa shape index (κ2) is 6.39. The van der Waals surface area contributed by atoms with Gasteiger partial charge in [-0.15, -0.1) is 0 Å². The van der Waals surface area contributed by atoms with E-state index >= 15 is 0 Å². The lowest BCUT2D eigenvalue weighted by molar-refractivity contribution is -0.142. The number of halogens is 3. The van der Waals surface area contributed by atoms with Gasteiger partial charge in [0, 0.05) is 11.8 Å². The Morgan fingerprint density at radius 1 is 1.50 bits per heavy atom. The average Bonchev–Trinajstić information content (AvgIpc) is 2.24. The van der Waals surface area contributed by atoms with Crippen molar-refractivity contribution in [3.05, 3.63) is 22.7 Å². The van der Waals surface area contributed by atoms with Crippen LogP contribution in [0.15, 0.2) is 12.1 Å². The van der Waals surface area contributed by atoms with E-state index in [0.717, 1.165) is 0 Å². The second-order valence-electron chi connectivity index (χ2n) is 3.35. The van der Waals surface area contributed by atoms with Crippen LogP contribution in [0.1, 0.15) is 12.5 Å². The summed E-state index contributed by atoms with van der Waals surface area (Å²) in [6, 6.07) is 2.58. The number of hydrogen-bond acceptors (Lipinski definition) is 4. The molecule has 100 valence electrons. The third kappa shape index (κ3) is 4.03. The van der Waals surface area contributed by atoms with Crippen LogP contribution >= 0.6 is 11.6 Å². The smallest absolute Gasteiger partial charge is 0.387 e. The molecule has 0 heterocycles. The van der Waals surface area contributed by atoms with Gasteiger partial charge < -0.3 is 15.2 Å². The predicted molar refractivity (Wildman–Crippen MR) is 62.8 cm³/mol. The normalized spacial score (nSPS) is 10.5. The Labute approximate surface area is 108 Å². The molecule has 0 bridgehead atoms. The van der Waals surface area contributed by atoms with Gasteiger partial charge in [0.05, 0.1) is 18.1 Å². The predicted octanol–water partition coefficient (Wildman–Crippen LogP) is 2.63. The highest BCUT2D eigenvalue weighted by Gasteiger charge is 2.16. The summed E-state index contributed by atoms with van der Waals surface area (Å²) in [4.78, 5) is 11.3. The standard InChI is InChI=1S/C11H12ClF2NO3/c1-2-17-9(16)4-6-3-7(15)5-8(10(6)12)18-11(13)14/h3,5,11H,2,4,15H2,1H3. The Hall–Kier alpha value is -1.56. The van der Waals surface area contributed by atoms with Gasteiger partial charge in [0.1, 0.15) is 5.75 Å². The van der Waals surface area contributed by atoms with E-state index in [1.807, 2.05) is 0 Å². The molecule has 0 fully saturated rings. The number of rotatable bonds is 5. The number of nitrogen functional groups attached to an aromatic ring is 1. The maximum absolute atomic E-state index is 12.1. The van der Waals surface area contributed by atoms with Crippen molar-refractivity contribution in [2.45, 2.75) is 20.0 Å². The summed E-state index contributed by atoms with van der Waals surface area (Å²) >= 11 is 5.85. The van der Waals surface area contributed by atoms with Gasteiger partial charge in [-0.25, -0.2) is 0 Å². The van der Waals surface area contributed by atoms with Crippen molar-refractivity contribution in [3.8, 4) is 5.75 Å². The van der Waals surface area contributed by atoms with Crippen molar-refractivity contribution in [2.24, 2.45) is 0 Å². The second-order valence-corrected chi connectivity index (χ2v) is 3.73. The van der Waals surface area contributed by atoms with Crippen molar-refractivity contribution in [1.82, 2.24) is 0 Å². The van der Waals surface area contributed by atoms with Crippen molar-refractivity contribution in [3.63, 3.8) is 0 Å². The third-order valence-corrected chi connectivity index (χ3v) is 2.42. The van der Waals surface area contributed by atoms with Gasteiger partial charge in [0.25, 0.3) is 0 Å². The van der Waals surface area contributed by atoms with E-state index in [2.05, 4.69) is 4.74 Å². The Kier molecular flexibility index (Phi) is 5.15. The molecule has 0 aliphatic heterocycles. The molecule has 0 amide bonds. The highest BCUT2D eigenvalue weighted by atomic mass is 35.5. The third-order valence-electron chi connectivity index (χ3n) is 1.99. The molecule has 7 heteroatoms. The molecular weight excluding hydrogens is 268 g/mol. The molecule has 0 saturated heterocycles. The molecule has 0 radical (unpaired) electrons. The number of alkyl halides is 2.